The number of ether oxygens (including phenoxy) is 1. The lowest BCUT2D eigenvalue weighted by Gasteiger charge is -2.15. The lowest BCUT2D eigenvalue weighted by molar-refractivity contribution is -0.152. The Bertz CT molecular complexity index is 548. The highest BCUT2D eigenvalue weighted by atomic mass is 32.2. The molecule has 0 fully saturated rings. The summed E-state index contributed by atoms with van der Waals surface area (Å²) in [4.78, 5) is 11.8. The topological polar surface area (TPSA) is 69.7 Å². The molecule has 6 heteroatoms. The Morgan fingerprint density at radius 1 is 1.19 bits per heavy atom. The highest BCUT2D eigenvalue weighted by Gasteiger charge is 2.27. The number of unbranched alkanes of at least 4 members (excludes halogenated alkanes) is 1. The van der Waals surface area contributed by atoms with E-state index in [1.54, 1.807) is 19.1 Å². The SMILES string of the molecule is CCCCOC(=O)[C@H](CC)OS(=O)(=O)c1ccc(C)cc1. The van der Waals surface area contributed by atoms with Gasteiger partial charge in [0.2, 0.25) is 0 Å². The summed E-state index contributed by atoms with van der Waals surface area (Å²) in [6.45, 7) is 5.79. The maximum Gasteiger partial charge on any atom is 0.336 e. The predicted octanol–water partition coefficient (Wildman–Crippen LogP) is 2.82. The molecule has 1 aromatic carbocycles. The Kier molecular flexibility index (Phi) is 6.84. The normalized spacial score (nSPS) is 12.9. The van der Waals surface area contributed by atoms with E-state index >= 15 is 0 Å². The van der Waals surface area contributed by atoms with Gasteiger partial charge < -0.3 is 4.74 Å². The van der Waals surface area contributed by atoms with Crippen molar-refractivity contribution < 1.29 is 22.1 Å². The van der Waals surface area contributed by atoms with Gasteiger partial charge in [0.25, 0.3) is 10.1 Å². The zero-order chi connectivity index (χ0) is 15.9. The van der Waals surface area contributed by atoms with E-state index in [1.807, 2.05) is 13.8 Å². The summed E-state index contributed by atoms with van der Waals surface area (Å²) in [5.74, 6) is -0.637. The minimum absolute atomic E-state index is 0.0351. The molecule has 0 radical (unpaired) electrons. The van der Waals surface area contributed by atoms with E-state index in [9.17, 15) is 13.2 Å². The van der Waals surface area contributed by atoms with E-state index in [2.05, 4.69) is 0 Å². The molecule has 5 nitrogen and oxygen atoms in total. The molecule has 0 N–H and O–H groups in total. The van der Waals surface area contributed by atoms with Crippen LogP contribution in [-0.2, 0) is 23.8 Å². The second-order valence-corrected chi connectivity index (χ2v) is 6.35. The molecule has 0 amide bonds. The molecular formula is C15H22O5S. The highest BCUT2D eigenvalue weighted by molar-refractivity contribution is 7.86. The number of benzene rings is 1. The molecule has 0 saturated heterocycles. The van der Waals surface area contributed by atoms with Gasteiger partial charge in [-0.1, -0.05) is 38.0 Å². The van der Waals surface area contributed by atoms with Crippen LogP contribution in [0.2, 0.25) is 0 Å². The Morgan fingerprint density at radius 2 is 1.81 bits per heavy atom. The molecule has 0 aromatic heterocycles. The van der Waals surface area contributed by atoms with Crippen LogP contribution in [0.3, 0.4) is 0 Å². The van der Waals surface area contributed by atoms with Crippen molar-refractivity contribution in [3.63, 3.8) is 0 Å². The fraction of sp³-hybridized carbons (Fsp3) is 0.533. The lowest BCUT2D eigenvalue weighted by Crippen LogP contribution is -2.29. The van der Waals surface area contributed by atoms with Crippen LogP contribution in [0.15, 0.2) is 29.2 Å². The van der Waals surface area contributed by atoms with Crippen molar-refractivity contribution in [3.8, 4) is 0 Å². The summed E-state index contributed by atoms with van der Waals surface area (Å²) in [6.07, 6.45) is 0.767. The van der Waals surface area contributed by atoms with E-state index in [1.165, 1.54) is 12.1 Å². The third-order valence-electron chi connectivity index (χ3n) is 2.93. The molecule has 118 valence electrons. The van der Waals surface area contributed by atoms with Crippen molar-refractivity contribution in [3.05, 3.63) is 29.8 Å². The minimum Gasteiger partial charge on any atom is -0.464 e. The first-order chi connectivity index (χ1) is 9.90. The summed E-state index contributed by atoms with van der Waals surface area (Å²) in [5.41, 5.74) is 0.944. The summed E-state index contributed by atoms with van der Waals surface area (Å²) in [5, 5.41) is 0. The monoisotopic (exact) mass is 314 g/mol. The van der Waals surface area contributed by atoms with Gasteiger partial charge in [-0.2, -0.15) is 8.42 Å². The molecular weight excluding hydrogens is 292 g/mol. The summed E-state index contributed by atoms with van der Waals surface area (Å²) in [7, 11) is -3.96. The molecule has 1 rings (SSSR count). The van der Waals surface area contributed by atoms with Crippen molar-refractivity contribution in [2.45, 2.75) is 51.0 Å². The fourth-order valence-electron chi connectivity index (χ4n) is 1.60. The average molecular weight is 314 g/mol. The van der Waals surface area contributed by atoms with E-state index in [0.717, 1.165) is 18.4 Å². The first kappa shape index (κ1) is 17.7. The van der Waals surface area contributed by atoms with E-state index in [-0.39, 0.29) is 17.9 Å². The first-order valence-corrected chi connectivity index (χ1v) is 8.48. The number of carbonyl (C=O) groups is 1. The molecule has 21 heavy (non-hydrogen) atoms. The Morgan fingerprint density at radius 3 is 2.33 bits per heavy atom. The molecule has 0 spiro atoms. The fourth-order valence-corrected chi connectivity index (χ4v) is 2.70. The van der Waals surface area contributed by atoms with Gasteiger partial charge >= 0.3 is 5.97 Å². The summed E-state index contributed by atoms with van der Waals surface area (Å²) in [6, 6.07) is 6.27. The van der Waals surface area contributed by atoms with Gasteiger partial charge in [-0.15, -0.1) is 0 Å². The van der Waals surface area contributed by atoms with Crippen molar-refractivity contribution in [1.29, 1.82) is 0 Å². The van der Waals surface area contributed by atoms with Gasteiger partial charge in [-0.05, 0) is 31.9 Å². The van der Waals surface area contributed by atoms with Crippen LogP contribution in [0.1, 0.15) is 38.7 Å². The zero-order valence-electron chi connectivity index (χ0n) is 12.7. The molecule has 0 aliphatic rings. The van der Waals surface area contributed by atoms with E-state index < -0.39 is 22.2 Å². The average Bonchev–Trinajstić information content (AvgIpc) is 2.45. The van der Waals surface area contributed by atoms with Crippen LogP contribution in [0.5, 0.6) is 0 Å². The first-order valence-electron chi connectivity index (χ1n) is 7.07. The number of hydrogen-bond donors (Lipinski definition) is 0. The van der Waals surface area contributed by atoms with Crippen LogP contribution in [0.4, 0.5) is 0 Å². The smallest absolute Gasteiger partial charge is 0.336 e. The number of esters is 1. The molecule has 0 unspecified atom stereocenters. The maximum absolute atomic E-state index is 12.1. The molecule has 0 bridgehead atoms. The summed E-state index contributed by atoms with van der Waals surface area (Å²) >= 11 is 0. The maximum atomic E-state index is 12.1. The predicted molar refractivity (Wildman–Crippen MR) is 79.4 cm³/mol. The van der Waals surface area contributed by atoms with Gasteiger partial charge in [0.15, 0.2) is 6.10 Å². The van der Waals surface area contributed by atoms with Gasteiger partial charge in [-0.25, -0.2) is 4.79 Å². The van der Waals surface area contributed by atoms with Crippen LogP contribution < -0.4 is 0 Å². The van der Waals surface area contributed by atoms with Crippen molar-refractivity contribution in [2.24, 2.45) is 0 Å². The second-order valence-electron chi connectivity index (χ2n) is 4.78. The molecule has 1 atom stereocenters. The number of rotatable bonds is 8. The number of aryl methyl sites for hydroxylation is 1. The molecule has 0 aliphatic heterocycles. The van der Waals surface area contributed by atoms with E-state index in [0.29, 0.717) is 0 Å². The van der Waals surface area contributed by atoms with Gasteiger partial charge in [0, 0.05) is 0 Å². The highest BCUT2D eigenvalue weighted by Crippen LogP contribution is 2.17. The quantitative estimate of drug-likeness (QED) is 0.419. The standard InChI is InChI=1S/C15H22O5S/c1-4-6-11-19-15(16)14(5-2)20-21(17,18)13-9-7-12(3)8-10-13/h7-10,14H,4-6,11H2,1-3H3/t14-/m0/s1. The Labute approximate surface area is 126 Å². The largest absolute Gasteiger partial charge is 0.464 e. The third kappa shape index (κ3) is 5.47. The van der Waals surface area contributed by atoms with Gasteiger partial charge in [0.1, 0.15) is 0 Å². The second kappa shape index (κ2) is 8.14. The van der Waals surface area contributed by atoms with Gasteiger partial charge in [0.05, 0.1) is 11.5 Å². The summed E-state index contributed by atoms with van der Waals surface area (Å²) < 4.78 is 34.2. The van der Waals surface area contributed by atoms with Crippen LogP contribution in [-0.4, -0.2) is 27.1 Å². The van der Waals surface area contributed by atoms with Crippen molar-refractivity contribution in [1.82, 2.24) is 0 Å². The van der Waals surface area contributed by atoms with E-state index in [4.69, 9.17) is 8.92 Å². The minimum atomic E-state index is -3.96. The Balaban J connectivity index is 2.75. The van der Waals surface area contributed by atoms with Crippen LogP contribution >= 0.6 is 0 Å². The van der Waals surface area contributed by atoms with Gasteiger partial charge in [-0.3, -0.25) is 4.18 Å². The molecule has 1 aromatic rings. The Hall–Kier alpha value is -1.40. The molecule has 0 saturated carbocycles. The van der Waals surface area contributed by atoms with Crippen molar-refractivity contribution >= 4 is 16.1 Å². The zero-order valence-corrected chi connectivity index (χ0v) is 13.5. The third-order valence-corrected chi connectivity index (χ3v) is 4.26. The number of carbonyl (C=O) groups excluding carboxylic acids is 1. The van der Waals surface area contributed by atoms with Crippen LogP contribution in [0.25, 0.3) is 0 Å². The lowest BCUT2D eigenvalue weighted by atomic mass is 10.2. The van der Waals surface area contributed by atoms with Crippen LogP contribution in [0, 0.1) is 6.92 Å². The molecule has 0 aliphatic carbocycles. The molecule has 0 heterocycles. The van der Waals surface area contributed by atoms with Crippen molar-refractivity contribution in [2.75, 3.05) is 6.61 Å². The number of hydrogen-bond acceptors (Lipinski definition) is 5.